The quantitative estimate of drug-likeness (QED) is 0.254. The highest BCUT2D eigenvalue weighted by molar-refractivity contribution is 4.96. The molecule has 0 aliphatic rings. The van der Waals surface area contributed by atoms with Crippen molar-refractivity contribution < 1.29 is 0 Å². The third kappa shape index (κ3) is 22.4. The van der Waals surface area contributed by atoms with Crippen molar-refractivity contribution in [3.05, 3.63) is 36.5 Å². The average molecular weight is 279 g/mol. The molecule has 20 heavy (non-hydrogen) atoms. The van der Waals surface area contributed by atoms with Crippen LogP contribution in [0.3, 0.4) is 0 Å². The molecule has 0 rings (SSSR count). The smallest absolute Gasteiger partial charge is 0.0169 e. The third-order valence-electron chi connectivity index (χ3n) is 3.00. The summed E-state index contributed by atoms with van der Waals surface area (Å²) in [5.41, 5.74) is 0. The molecule has 0 heterocycles. The SMILES string of the molecule is CC.CC/C=C\C/C=C\C/C=C\CCCCCCCC. The van der Waals surface area contributed by atoms with E-state index in [9.17, 15) is 0 Å². The lowest BCUT2D eigenvalue weighted by atomic mass is 10.1. The normalized spacial score (nSPS) is 11.4. The van der Waals surface area contributed by atoms with Gasteiger partial charge in [-0.3, -0.25) is 0 Å². The van der Waals surface area contributed by atoms with Gasteiger partial charge in [-0.1, -0.05) is 96.3 Å². The number of hydrogen-bond acceptors (Lipinski definition) is 0. The molecule has 0 heteroatoms. The Balaban J connectivity index is 0. The maximum absolute atomic E-state index is 2.34. The van der Waals surface area contributed by atoms with E-state index in [2.05, 4.69) is 50.3 Å². The van der Waals surface area contributed by atoms with E-state index in [4.69, 9.17) is 0 Å². The van der Waals surface area contributed by atoms with E-state index >= 15 is 0 Å². The molecule has 0 aliphatic heterocycles. The number of allylic oxidation sites excluding steroid dienone is 6. The van der Waals surface area contributed by atoms with E-state index in [0.717, 1.165) is 19.3 Å². The van der Waals surface area contributed by atoms with Crippen molar-refractivity contribution in [3.63, 3.8) is 0 Å². The molecular formula is C20H38. The van der Waals surface area contributed by atoms with Gasteiger partial charge in [-0.05, 0) is 32.1 Å². The lowest BCUT2D eigenvalue weighted by molar-refractivity contribution is 0.611. The van der Waals surface area contributed by atoms with Crippen molar-refractivity contribution in [3.8, 4) is 0 Å². The molecule has 0 spiro atoms. The van der Waals surface area contributed by atoms with Crippen LogP contribution in [0.15, 0.2) is 36.5 Å². The van der Waals surface area contributed by atoms with E-state index in [-0.39, 0.29) is 0 Å². The zero-order valence-electron chi connectivity index (χ0n) is 14.5. The Morgan fingerprint density at radius 2 is 1.05 bits per heavy atom. The summed E-state index contributed by atoms with van der Waals surface area (Å²) in [4.78, 5) is 0. The molecule has 0 aromatic carbocycles. The van der Waals surface area contributed by atoms with Crippen LogP contribution in [0.25, 0.3) is 0 Å². The third-order valence-corrected chi connectivity index (χ3v) is 3.00. The van der Waals surface area contributed by atoms with Gasteiger partial charge in [0.1, 0.15) is 0 Å². The van der Waals surface area contributed by atoms with Crippen LogP contribution in [0, 0.1) is 0 Å². The Bertz CT molecular complexity index is 220. The van der Waals surface area contributed by atoms with Gasteiger partial charge < -0.3 is 0 Å². The monoisotopic (exact) mass is 278 g/mol. The molecule has 0 nitrogen and oxygen atoms in total. The van der Waals surface area contributed by atoms with Gasteiger partial charge in [0.05, 0.1) is 0 Å². The lowest BCUT2D eigenvalue weighted by Crippen LogP contribution is -1.77. The van der Waals surface area contributed by atoms with Crippen molar-refractivity contribution in [2.75, 3.05) is 0 Å². The Labute approximate surface area is 129 Å². The molecule has 0 bridgehead atoms. The van der Waals surface area contributed by atoms with Crippen molar-refractivity contribution in [1.82, 2.24) is 0 Å². The van der Waals surface area contributed by atoms with E-state index in [0.29, 0.717) is 0 Å². The summed E-state index contributed by atoms with van der Waals surface area (Å²) in [6, 6.07) is 0. The highest BCUT2D eigenvalue weighted by Crippen LogP contribution is 2.07. The number of rotatable bonds is 12. The van der Waals surface area contributed by atoms with Gasteiger partial charge in [0.2, 0.25) is 0 Å². The lowest BCUT2D eigenvalue weighted by Gasteiger charge is -1.97. The van der Waals surface area contributed by atoms with Crippen LogP contribution >= 0.6 is 0 Å². The average Bonchev–Trinajstić information content (AvgIpc) is 2.50. The Kier molecular flexibility index (Phi) is 25.1. The van der Waals surface area contributed by atoms with Crippen LogP contribution < -0.4 is 0 Å². The fourth-order valence-corrected chi connectivity index (χ4v) is 1.87. The van der Waals surface area contributed by atoms with E-state index < -0.39 is 0 Å². The Morgan fingerprint density at radius 1 is 0.550 bits per heavy atom. The standard InChI is InChI=1S/C18H32.C2H6/c1-3-5-7-9-11-13-15-17-18-16-14-12-10-8-6-4-2;1-2/h5,7,11,13,17-18H,3-4,6,8-10,12,14-16H2,1-2H3;1-2H3/b7-5-,13-11-,18-17-;. The van der Waals surface area contributed by atoms with Crippen LogP contribution in [0.1, 0.15) is 91.9 Å². The zero-order valence-corrected chi connectivity index (χ0v) is 14.5. The zero-order chi connectivity index (χ0) is 15.3. The van der Waals surface area contributed by atoms with Crippen LogP contribution in [-0.2, 0) is 0 Å². The minimum absolute atomic E-state index is 1.08. The Morgan fingerprint density at radius 3 is 1.65 bits per heavy atom. The first-order valence-electron chi connectivity index (χ1n) is 8.86. The molecule has 0 fully saturated rings. The van der Waals surface area contributed by atoms with Crippen molar-refractivity contribution >= 4 is 0 Å². The summed E-state index contributed by atoms with van der Waals surface area (Å²) in [6.07, 6.45) is 26.6. The summed E-state index contributed by atoms with van der Waals surface area (Å²) in [5.74, 6) is 0. The molecule has 0 saturated heterocycles. The Hall–Kier alpha value is -0.780. The molecule has 118 valence electrons. The minimum Gasteiger partial charge on any atom is -0.0885 e. The molecule has 0 radical (unpaired) electrons. The first kappa shape index (κ1) is 21.5. The highest BCUT2D eigenvalue weighted by Gasteiger charge is 1.87. The van der Waals surface area contributed by atoms with Gasteiger partial charge in [0.25, 0.3) is 0 Å². The van der Waals surface area contributed by atoms with Gasteiger partial charge in [-0.15, -0.1) is 0 Å². The fourth-order valence-electron chi connectivity index (χ4n) is 1.87. The highest BCUT2D eigenvalue weighted by atomic mass is 13.9. The second kappa shape index (κ2) is 23.3. The van der Waals surface area contributed by atoms with Gasteiger partial charge in [0.15, 0.2) is 0 Å². The summed E-state index contributed by atoms with van der Waals surface area (Å²) >= 11 is 0. The summed E-state index contributed by atoms with van der Waals surface area (Å²) in [6.45, 7) is 8.44. The predicted molar refractivity (Wildman–Crippen MR) is 96.3 cm³/mol. The molecule has 0 N–H and O–H groups in total. The van der Waals surface area contributed by atoms with Crippen molar-refractivity contribution in [2.45, 2.75) is 91.9 Å². The van der Waals surface area contributed by atoms with E-state index in [1.807, 2.05) is 13.8 Å². The van der Waals surface area contributed by atoms with Gasteiger partial charge >= 0.3 is 0 Å². The minimum atomic E-state index is 1.08. The second-order valence-corrected chi connectivity index (χ2v) is 4.85. The molecule has 0 amide bonds. The number of hydrogen-bond donors (Lipinski definition) is 0. The molecule has 0 saturated carbocycles. The fraction of sp³-hybridized carbons (Fsp3) is 0.700. The molecule has 0 aromatic rings. The van der Waals surface area contributed by atoms with Gasteiger partial charge in [-0.25, -0.2) is 0 Å². The van der Waals surface area contributed by atoms with Gasteiger partial charge in [-0.2, -0.15) is 0 Å². The predicted octanol–water partition coefficient (Wildman–Crippen LogP) is 7.62. The van der Waals surface area contributed by atoms with Crippen molar-refractivity contribution in [2.24, 2.45) is 0 Å². The molecule has 0 aromatic heterocycles. The summed E-state index contributed by atoms with van der Waals surface area (Å²) in [5, 5.41) is 0. The molecule has 0 unspecified atom stereocenters. The second-order valence-electron chi connectivity index (χ2n) is 4.85. The maximum Gasteiger partial charge on any atom is -0.0169 e. The topological polar surface area (TPSA) is 0 Å². The van der Waals surface area contributed by atoms with Crippen LogP contribution in [-0.4, -0.2) is 0 Å². The van der Waals surface area contributed by atoms with Crippen LogP contribution in [0.5, 0.6) is 0 Å². The molecular weight excluding hydrogens is 240 g/mol. The van der Waals surface area contributed by atoms with E-state index in [1.165, 1.54) is 44.9 Å². The molecule has 0 aliphatic carbocycles. The first-order chi connectivity index (χ1) is 9.91. The maximum atomic E-state index is 2.34. The first-order valence-corrected chi connectivity index (χ1v) is 8.86. The van der Waals surface area contributed by atoms with Crippen LogP contribution in [0.4, 0.5) is 0 Å². The van der Waals surface area contributed by atoms with E-state index in [1.54, 1.807) is 0 Å². The summed E-state index contributed by atoms with van der Waals surface area (Å²) < 4.78 is 0. The molecule has 0 atom stereocenters. The van der Waals surface area contributed by atoms with Crippen LogP contribution in [0.2, 0.25) is 0 Å². The van der Waals surface area contributed by atoms with Gasteiger partial charge in [0, 0.05) is 0 Å². The summed E-state index contributed by atoms with van der Waals surface area (Å²) in [7, 11) is 0. The number of unbranched alkanes of at least 4 members (excludes halogenated alkanes) is 6. The van der Waals surface area contributed by atoms with Crippen molar-refractivity contribution in [1.29, 1.82) is 0 Å². The largest absolute Gasteiger partial charge is 0.0885 e.